The highest BCUT2D eigenvalue weighted by Gasteiger charge is 2.29. The summed E-state index contributed by atoms with van der Waals surface area (Å²) in [5.74, 6) is 0.840. The average molecular weight is 350 g/mol. The predicted octanol–water partition coefficient (Wildman–Crippen LogP) is 3.18. The summed E-state index contributed by atoms with van der Waals surface area (Å²) in [6.07, 6.45) is 1.76. The van der Waals surface area contributed by atoms with Crippen LogP contribution in [0, 0.1) is 6.92 Å². The molecule has 0 amide bonds. The van der Waals surface area contributed by atoms with E-state index < -0.39 is 0 Å². The largest absolute Gasteiger partial charge is 0.497 e. The van der Waals surface area contributed by atoms with E-state index in [1.54, 1.807) is 7.11 Å². The van der Waals surface area contributed by atoms with Gasteiger partial charge in [0.2, 0.25) is 0 Å². The Hall–Kier alpha value is -2.86. The quantitative estimate of drug-likeness (QED) is 0.707. The van der Waals surface area contributed by atoms with Crippen molar-refractivity contribution >= 4 is 5.69 Å². The molecule has 6 nitrogen and oxygen atoms in total. The molecule has 134 valence electrons. The number of aromatic nitrogens is 3. The fourth-order valence-corrected chi connectivity index (χ4v) is 3.25. The second-order valence-corrected chi connectivity index (χ2v) is 6.45. The van der Waals surface area contributed by atoms with Gasteiger partial charge in [-0.15, -0.1) is 5.10 Å². The molecule has 4 rings (SSSR count). The first-order chi connectivity index (χ1) is 12.7. The van der Waals surface area contributed by atoms with Gasteiger partial charge in [0.25, 0.3) is 0 Å². The van der Waals surface area contributed by atoms with Crippen LogP contribution in [-0.2, 0) is 11.3 Å². The maximum Gasteiger partial charge on any atom is 0.177 e. The fraction of sp³-hybridized carbons (Fsp3) is 0.300. The molecule has 1 atom stereocenters. The van der Waals surface area contributed by atoms with Crippen LogP contribution < -0.4 is 9.64 Å². The summed E-state index contributed by atoms with van der Waals surface area (Å²) in [4.78, 5) is 2.23. The third kappa shape index (κ3) is 3.41. The summed E-state index contributed by atoms with van der Waals surface area (Å²) >= 11 is 0. The van der Waals surface area contributed by atoms with E-state index in [4.69, 9.17) is 9.47 Å². The molecule has 0 bridgehead atoms. The summed E-state index contributed by atoms with van der Waals surface area (Å²) in [6, 6.07) is 16.4. The minimum Gasteiger partial charge on any atom is -0.497 e. The number of hydrogen-bond acceptors (Lipinski definition) is 5. The van der Waals surface area contributed by atoms with Crippen molar-refractivity contribution < 1.29 is 9.47 Å². The van der Waals surface area contributed by atoms with E-state index in [-0.39, 0.29) is 6.23 Å². The molecule has 0 aliphatic carbocycles. The van der Waals surface area contributed by atoms with Crippen molar-refractivity contribution in [2.75, 3.05) is 25.2 Å². The van der Waals surface area contributed by atoms with E-state index in [1.165, 1.54) is 5.56 Å². The zero-order chi connectivity index (χ0) is 17.9. The van der Waals surface area contributed by atoms with Gasteiger partial charge in [-0.05, 0) is 42.3 Å². The van der Waals surface area contributed by atoms with Crippen LogP contribution in [0.5, 0.6) is 5.75 Å². The van der Waals surface area contributed by atoms with Crippen molar-refractivity contribution in [2.24, 2.45) is 0 Å². The van der Waals surface area contributed by atoms with Crippen molar-refractivity contribution in [1.29, 1.82) is 0 Å². The Bertz CT molecular complexity index is 893. The highest BCUT2D eigenvalue weighted by molar-refractivity contribution is 5.50. The standard InChI is InChI=1S/C20H22N4O2/c1-15-5-3-7-17(11-15)24-9-10-26-20(24)19-14-23(22-21-19)13-16-6-4-8-18(12-16)25-2/h3-8,11-12,14,20H,9-10,13H2,1-2H3/t20-/m1/s1. The lowest BCUT2D eigenvalue weighted by Gasteiger charge is -2.23. The fourth-order valence-electron chi connectivity index (χ4n) is 3.25. The Balaban J connectivity index is 1.53. The van der Waals surface area contributed by atoms with Gasteiger partial charge in [0, 0.05) is 12.2 Å². The van der Waals surface area contributed by atoms with Crippen LogP contribution in [-0.4, -0.2) is 35.3 Å². The first-order valence-electron chi connectivity index (χ1n) is 8.71. The second kappa shape index (κ2) is 7.17. The van der Waals surface area contributed by atoms with E-state index in [0.29, 0.717) is 13.2 Å². The topological polar surface area (TPSA) is 52.4 Å². The number of rotatable bonds is 5. The molecule has 0 saturated carbocycles. The molecule has 1 aliphatic rings. The van der Waals surface area contributed by atoms with Gasteiger partial charge in [-0.3, -0.25) is 0 Å². The number of ether oxygens (including phenoxy) is 2. The van der Waals surface area contributed by atoms with Gasteiger partial charge in [0.05, 0.1) is 26.5 Å². The molecular weight excluding hydrogens is 328 g/mol. The monoisotopic (exact) mass is 350 g/mol. The van der Waals surface area contributed by atoms with Crippen molar-refractivity contribution in [3.05, 3.63) is 71.5 Å². The first kappa shape index (κ1) is 16.6. The summed E-state index contributed by atoms with van der Waals surface area (Å²) in [6.45, 7) is 4.26. The Morgan fingerprint density at radius 2 is 2.08 bits per heavy atom. The lowest BCUT2D eigenvalue weighted by atomic mass is 10.2. The zero-order valence-corrected chi connectivity index (χ0v) is 15.0. The van der Waals surface area contributed by atoms with Crippen molar-refractivity contribution in [1.82, 2.24) is 15.0 Å². The molecule has 1 saturated heterocycles. The van der Waals surface area contributed by atoms with Crippen LogP contribution in [0.3, 0.4) is 0 Å². The molecule has 1 aliphatic heterocycles. The van der Waals surface area contributed by atoms with Gasteiger partial charge in [0.1, 0.15) is 11.4 Å². The summed E-state index contributed by atoms with van der Waals surface area (Å²) in [7, 11) is 1.67. The average Bonchev–Trinajstić information content (AvgIpc) is 3.31. The highest BCUT2D eigenvalue weighted by Crippen LogP contribution is 2.31. The van der Waals surface area contributed by atoms with Crippen molar-refractivity contribution in [3.8, 4) is 5.75 Å². The van der Waals surface area contributed by atoms with Crippen LogP contribution in [0.4, 0.5) is 5.69 Å². The van der Waals surface area contributed by atoms with E-state index in [1.807, 2.05) is 29.1 Å². The molecule has 2 aromatic carbocycles. The van der Waals surface area contributed by atoms with Gasteiger partial charge in [-0.2, -0.15) is 0 Å². The smallest absolute Gasteiger partial charge is 0.177 e. The highest BCUT2D eigenvalue weighted by atomic mass is 16.5. The van der Waals surface area contributed by atoms with Gasteiger partial charge in [0.15, 0.2) is 6.23 Å². The Labute approximate surface area is 153 Å². The van der Waals surface area contributed by atoms with Crippen LogP contribution in [0.1, 0.15) is 23.0 Å². The molecule has 3 aromatic rings. The molecule has 0 N–H and O–H groups in total. The maximum absolute atomic E-state index is 5.94. The SMILES string of the molecule is COc1cccc(Cn2cc([C@H]3OCCN3c3cccc(C)c3)nn2)c1. The number of benzene rings is 2. The van der Waals surface area contributed by atoms with E-state index >= 15 is 0 Å². The van der Waals surface area contributed by atoms with E-state index in [0.717, 1.165) is 29.2 Å². The van der Waals surface area contributed by atoms with E-state index in [9.17, 15) is 0 Å². The minimum atomic E-state index is -0.198. The molecule has 6 heteroatoms. The van der Waals surface area contributed by atoms with Gasteiger partial charge in [-0.25, -0.2) is 4.68 Å². The predicted molar refractivity (Wildman–Crippen MR) is 99.3 cm³/mol. The summed E-state index contributed by atoms with van der Waals surface area (Å²) in [5.41, 5.74) is 4.32. The van der Waals surface area contributed by atoms with Crippen molar-refractivity contribution in [2.45, 2.75) is 19.7 Å². The van der Waals surface area contributed by atoms with Crippen molar-refractivity contribution in [3.63, 3.8) is 0 Å². The lowest BCUT2D eigenvalue weighted by molar-refractivity contribution is 0.110. The van der Waals surface area contributed by atoms with Crippen LogP contribution >= 0.6 is 0 Å². The number of anilines is 1. The number of hydrogen-bond donors (Lipinski definition) is 0. The van der Waals surface area contributed by atoms with Crippen LogP contribution in [0.25, 0.3) is 0 Å². The Kier molecular flexibility index (Phi) is 4.58. The third-order valence-corrected chi connectivity index (χ3v) is 4.51. The zero-order valence-electron chi connectivity index (χ0n) is 15.0. The molecule has 26 heavy (non-hydrogen) atoms. The van der Waals surface area contributed by atoms with Crippen LogP contribution in [0.2, 0.25) is 0 Å². The summed E-state index contributed by atoms with van der Waals surface area (Å²) in [5, 5.41) is 8.63. The lowest BCUT2D eigenvalue weighted by Crippen LogP contribution is -2.23. The Morgan fingerprint density at radius 3 is 2.92 bits per heavy atom. The summed E-state index contributed by atoms with van der Waals surface area (Å²) < 4.78 is 13.0. The van der Waals surface area contributed by atoms with Gasteiger partial charge < -0.3 is 14.4 Å². The molecule has 0 spiro atoms. The number of aryl methyl sites for hydroxylation is 1. The van der Waals surface area contributed by atoms with Gasteiger partial charge in [-0.1, -0.05) is 29.5 Å². The number of nitrogens with zero attached hydrogens (tertiary/aromatic N) is 4. The molecule has 0 unspecified atom stereocenters. The molecule has 2 heterocycles. The van der Waals surface area contributed by atoms with E-state index in [2.05, 4.69) is 52.5 Å². The molecular formula is C20H22N4O2. The first-order valence-corrected chi connectivity index (χ1v) is 8.71. The van der Waals surface area contributed by atoms with Gasteiger partial charge >= 0.3 is 0 Å². The molecule has 0 radical (unpaired) electrons. The Morgan fingerprint density at radius 1 is 1.19 bits per heavy atom. The third-order valence-electron chi connectivity index (χ3n) is 4.51. The second-order valence-electron chi connectivity index (χ2n) is 6.45. The molecule has 1 fully saturated rings. The number of methoxy groups -OCH3 is 1. The van der Waals surface area contributed by atoms with Crippen LogP contribution in [0.15, 0.2) is 54.7 Å². The normalized spacial score (nSPS) is 16.8. The minimum absolute atomic E-state index is 0.198. The molecule has 1 aromatic heterocycles. The maximum atomic E-state index is 5.94.